The molecule has 0 aromatic carbocycles. The number of hydrogen-bond acceptors (Lipinski definition) is 1. The smallest absolute Gasteiger partial charge is 0.0923 e. The minimum atomic E-state index is -1.13. The van der Waals surface area contributed by atoms with Gasteiger partial charge in [-0.15, -0.1) is 0 Å². The average Bonchev–Trinajstić information content (AvgIpc) is 2.70. The van der Waals surface area contributed by atoms with Crippen molar-refractivity contribution in [1.29, 1.82) is 0 Å². The molecule has 1 aliphatic rings. The molecule has 0 bridgehead atoms. The lowest BCUT2D eigenvalue weighted by atomic mass is 10.0. The van der Waals surface area contributed by atoms with Crippen molar-refractivity contribution in [3.05, 3.63) is 0 Å². The largest absolute Gasteiger partial charge is 0.347 e. The van der Waals surface area contributed by atoms with Crippen LogP contribution >= 0.6 is 15.7 Å². The normalized spacial score (nSPS) is 26.4. The van der Waals surface area contributed by atoms with Gasteiger partial charge in [0.1, 0.15) is 0 Å². The van der Waals surface area contributed by atoms with Crippen molar-refractivity contribution in [3.63, 3.8) is 0 Å². The lowest BCUT2D eigenvalue weighted by Crippen LogP contribution is -2.36. The van der Waals surface area contributed by atoms with Crippen molar-refractivity contribution in [2.75, 3.05) is 0 Å². The highest BCUT2D eigenvalue weighted by atomic mass is 31.1. The van der Waals surface area contributed by atoms with Crippen LogP contribution in [0.25, 0.3) is 0 Å². The standard InChI is InChI=1S/C19H39OP2/c1-14(21(17(2,3)4)18(5,6)7)15-12-11-13-16(15)22(20)19(8,9)10/h14-16H,11-13H2,1-10H3/q+1. The fourth-order valence-electron chi connectivity index (χ4n) is 4.74. The zero-order chi connectivity index (χ0) is 17.5. The van der Waals surface area contributed by atoms with E-state index in [0.717, 1.165) is 0 Å². The molecule has 4 atom stereocenters. The van der Waals surface area contributed by atoms with Crippen LogP contribution in [0.5, 0.6) is 0 Å². The van der Waals surface area contributed by atoms with Gasteiger partial charge in [-0.3, -0.25) is 0 Å². The van der Waals surface area contributed by atoms with Gasteiger partial charge in [0.25, 0.3) is 0 Å². The summed E-state index contributed by atoms with van der Waals surface area (Å²) < 4.78 is 13.1. The Morgan fingerprint density at radius 1 is 0.909 bits per heavy atom. The molecule has 1 aliphatic carbocycles. The van der Waals surface area contributed by atoms with Crippen molar-refractivity contribution in [2.45, 2.75) is 115 Å². The lowest BCUT2D eigenvalue weighted by molar-refractivity contribution is 0.493. The summed E-state index contributed by atoms with van der Waals surface area (Å²) in [5.74, 6) is 0.660. The topological polar surface area (TPSA) is 17.1 Å². The van der Waals surface area contributed by atoms with E-state index in [1.165, 1.54) is 19.3 Å². The molecular formula is C19H39OP2+. The predicted octanol–water partition coefficient (Wildman–Crippen LogP) is 7.25. The molecule has 4 unspecified atom stereocenters. The van der Waals surface area contributed by atoms with E-state index >= 15 is 0 Å². The maximum absolute atomic E-state index is 13.1. The van der Waals surface area contributed by atoms with Gasteiger partial charge in [-0.2, -0.15) is 0 Å². The maximum atomic E-state index is 13.1. The van der Waals surface area contributed by atoms with Crippen LogP contribution in [-0.4, -0.2) is 26.8 Å². The fraction of sp³-hybridized carbons (Fsp3) is 1.00. The molecule has 0 heterocycles. The van der Waals surface area contributed by atoms with Gasteiger partial charge in [-0.05, 0) is 56.0 Å². The Hall–Kier alpha value is 0.530. The van der Waals surface area contributed by atoms with Crippen molar-refractivity contribution < 1.29 is 4.57 Å². The molecule has 130 valence electrons. The van der Waals surface area contributed by atoms with Crippen LogP contribution in [0.1, 0.15) is 88.5 Å². The highest BCUT2D eigenvalue weighted by Gasteiger charge is 2.52. The predicted molar refractivity (Wildman–Crippen MR) is 104 cm³/mol. The summed E-state index contributed by atoms with van der Waals surface area (Å²) in [6.45, 7) is 23.4. The molecule has 1 nitrogen and oxygen atoms in total. The van der Waals surface area contributed by atoms with Gasteiger partial charge in [0, 0.05) is 5.92 Å². The first-order chi connectivity index (χ1) is 9.67. The Labute approximate surface area is 142 Å². The van der Waals surface area contributed by atoms with Crippen molar-refractivity contribution in [2.24, 2.45) is 5.92 Å². The van der Waals surface area contributed by atoms with Crippen LogP contribution in [0.15, 0.2) is 0 Å². The van der Waals surface area contributed by atoms with Gasteiger partial charge < -0.3 is 0 Å². The monoisotopic (exact) mass is 345 g/mol. The zero-order valence-electron chi connectivity index (χ0n) is 16.7. The third-order valence-electron chi connectivity index (χ3n) is 4.97. The quantitative estimate of drug-likeness (QED) is 0.492. The first kappa shape index (κ1) is 20.6. The third-order valence-corrected chi connectivity index (χ3v) is 11.6. The second-order valence-electron chi connectivity index (χ2n) is 10.1. The summed E-state index contributed by atoms with van der Waals surface area (Å²) in [5.41, 5.74) is 1.14. The molecule has 1 saturated carbocycles. The van der Waals surface area contributed by atoms with Crippen LogP contribution in [0.2, 0.25) is 0 Å². The van der Waals surface area contributed by atoms with Crippen LogP contribution in [-0.2, 0) is 4.57 Å². The molecule has 0 N–H and O–H groups in total. The molecule has 0 amide bonds. The molecule has 0 saturated heterocycles. The van der Waals surface area contributed by atoms with E-state index in [9.17, 15) is 4.57 Å². The van der Waals surface area contributed by atoms with E-state index < -0.39 is 7.80 Å². The van der Waals surface area contributed by atoms with Gasteiger partial charge in [0.05, 0.1) is 0 Å². The minimum Gasteiger partial charge on any atom is -0.0923 e. The fourth-order valence-corrected chi connectivity index (χ4v) is 12.2. The molecule has 0 radical (unpaired) electrons. The molecule has 22 heavy (non-hydrogen) atoms. The van der Waals surface area contributed by atoms with E-state index in [0.29, 0.717) is 27.5 Å². The Bertz CT molecular complexity index is 381. The summed E-state index contributed by atoms with van der Waals surface area (Å²) in [6.07, 6.45) is 3.74. The highest BCUT2D eigenvalue weighted by Crippen LogP contribution is 2.67. The van der Waals surface area contributed by atoms with E-state index in [1.807, 2.05) is 0 Å². The molecule has 0 spiro atoms. The Morgan fingerprint density at radius 2 is 1.36 bits per heavy atom. The van der Waals surface area contributed by atoms with Gasteiger partial charge in [0.15, 0.2) is 10.8 Å². The molecule has 3 heteroatoms. The number of hydrogen-bond donors (Lipinski definition) is 0. The van der Waals surface area contributed by atoms with Crippen molar-refractivity contribution >= 4 is 15.7 Å². The molecule has 0 aromatic heterocycles. The highest BCUT2D eigenvalue weighted by molar-refractivity contribution is 7.61. The van der Waals surface area contributed by atoms with Crippen molar-refractivity contribution in [3.8, 4) is 0 Å². The van der Waals surface area contributed by atoms with Crippen LogP contribution in [0.3, 0.4) is 0 Å². The Kier molecular flexibility index (Phi) is 6.36. The second-order valence-corrected chi connectivity index (χ2v) is 17.0. The van der Waals surface area contributed by atoms with E-state index in [2.05, 4.69) is 69.2 Å². The number of rotatable bonds is 3. The molecule has 0 aliphatic heterocycles. The van der Waals surface area contributed by atoms with Gasteiger partial charge in [-0.25, -0.2) is 0 Å². The summed E-state index contributed by atoms with van der Waals surface area (Å²) in [5, 5.41) is 0.662. The second kappa shape index (κ2) is 6.80. The van der Waals surface area contributed by atoms with Gasteiger partial charge in [-0.1, -0.05) is 61.0 Å². The van der Waals surface area contributed by atoms with Crippen molar-refractivity contribution in [1.82, 2.24) is 0 Å². The summed E-state index contributed by atoms with van der Waals surface area (Å²) in [7, 11) is -1.26. The molecule has 0 aromatic rings. The van der Waals surface area contributed by atoms with E-state index in [1.54, 1.807) is 0 Å². The summed E-state index contributed by atoms with van der Waals surface area (Å²) in [6, 6.07) is 0. The van der Waals surface area contributed by atoms with Gasteiger partial charge >= 0.3 is 7.80 Å². The SMILES string of the molecule is CC(C1CCCC1[P+](=O)C(C)(C)C)P(C(C)(C)C)C(C)(C)C. The van der Waals surface area contributed by atoms with Crippen LogP contribution in [0.4, 0.5) is 0 Å². The minimum absolute atomic E-state index is 0.0471. The van der Waals surface area contributed by atoms with Crippen LogP contribution in [0, 0.1) is 5.92 Å². The molecular weight excluding hydrogens is 306 g/mol. The third kappa shape index (κ3) is 4.77. The van der Waals surface area contributed by atoms with Gasteiger partial charge in [0.2, 0.25) is 0 Å². The molecule has 1 rings (SSSR count). The lowest BCUT2D eigenvalue weighted by Gasteiger charge is -2.47. The van der Waals surface area contributed by atoms with E-state index in [4.69, 9.17) is 0 Å². The van der Waals surface area contributed by atoms with Crippen LogP contribution < -0.4 is 0 Å². The average molecular weight is 345 g/mol. The zero-order valence-corrected chi connectivity index (χ0v) is 18.4. The summed E-state index contributed by atoms with van der Waals surface area (Å²) >= 11 is 0. The first-order valence-corrected chi connectivity index (χ1v) is 11.7. The summed E-state index contributed by atoms with van der Waals surface area (Å²) in [4.78, 5) is 0. The first-order valence-electron chi connectivity index (χ1n) is 8.93. The van der Waals surface area contributed by atoms with E-state index in [-0.39, 0.29) is 13.1 Å². The Morgan fingerprint density at radius 3 is 1.73 bits per heavy atom. The molecule has 1 fully saturated rings. The Balaban J connectivity index is 3.08. The maximum Gasteiger partial charge on any atom is 0.347 e.